The van der Waals surface area contributed by atoms with Crippen molar-refractivity contribution in [3.63, 3.8) is 0 Å². The van der Waals surface area contributed by atoms with Gasteiger partial charge in [0.2, 0.25) is 0 Å². The van der Waals surface area contributed by atoms with E-state index in [1.807, 2.05) is 4.57 Å². The van der Waals surface area contributed by atoms with Gasteiger partial charge in [-0.2, -0.15) is 0 Å². The van der Waals surface area contributed by atoms with Gasteiger partial charge in [-0.05, 0) is 24.0 Å². The van der Waals surface area contributed by atoms with Crippen LogP contribution in [0.1, 0.15) is 23.0 Å². The molecule has 0 amide bonds. The van der Waals surface area contributed by atoms with Gasteiger partial charge in [0.15, 0.2) is 5.82 Å². The number of nitrogens with zero attached hydrogens (tertiary/aromatic N) is 3. The topological polar surface area (TPSA) is 50.9 Å². The molecule has 0 spiro atoms. The molecular formula is C12H13N3O. The molecule has 82 valence electrons. The predicted molar refractivity (Wildman–Crippen MR) is 58.8 cm³/mol. The molecule has 4 heteroatoms. The molecular weight excluding hydrogens is 202 g/mol. The van der Waals surface area contributed by atoms with Gasteiger partial charge in [0.1, 0.15) is 12.9 Å². The van der Waals surface area contributed by atoms with Crippen molar-refractivity contribution in [1.29, 1.82) is 0 Å². The van der Waals surface area contributed by atoms with Crippen LogP contribution in [0.15, 0.2) is 30.6 Å². The van der Waals surface area contributed by atoms with Crippen LogP contribution in [0.2, 0.25) is 0 Å². The Morgan fingerprint density at radius 2 is 1.94 bits per heavy atom. The molecule has 4 nitrogen and oxygen atoms in total. The smallest absolute Gasteiger partial charge is 0.158 e. The van der Waals surface area contributed by atoms with Gasteiger partial charge in [-0.15, -0.1) is 10.2 Å². The van der Waals surface area contributed by atoms with Gasteiger partial charge in [-0.25, -0.2) is 0 Å². The van der Waals surface area contributed by atoms with Crippen LogP contribution in [-0.2, 0) is 19.4 Å². The Hall–Kier alpha value is -1.68. The van der Waals surface area contributed by atoms with Crippen LogP contribution in [0.3, 0.4) is 0 Å². The fourth-order valence-electron chi connectivity index (χ4n) is 2.42. The van der Waals surface area contributed by atoms with Gasteiger partial charge in [-0.3, -0.25) is 0 Å². The van der Waals surface area contributed by atoms with Crippen molar-refractivity contribution in [2.75, 3.05) is 0 Å². The van der Waals surface area contributed by atoms with E-state index in [2.05, 4.69) is 34.5 Å². The minimum atomic E-state index is -0.0488. The first kappa shape index (κ1) is 9.54. The maximum atomic E-state index is 9.16. The van der Waals surface area contributed by atoms with Crippen LogP contribution in [0.25, 0.3) is 0 Å². The molecule has 1 aromatic carbocycles. The van der Waals surface area contributed by atoms with Crippen molar-refractivity contribution in [3.05, 3.63) is 47.5 Å². The Balaban J connectivity index is 1.91. The molecule has 2 aromatic rings. The number of benzene rings is 1. The van der Waals surface area contributed by atoms with Crippen molar-refractivity contribution >= 4 is 0 Å². The maximum absolute atomic E-state index is 9.16. The van der Waals surface area contributed by atoms with Crippen LogP contribution in [-0.4, -0.2) is 19.9 Å². The van der Waals surface area contributed by atoms with Gasteiger partial charge in [0, 0.05) is 6.04 Å². The average molecular weight is 215 g/mol. The summed E-state index contributed by atoms with van der Waals surface area (Å²) >= 11 is 0. The fraction of sp³-hybridized carbons (Fsp3) is 0.333. The van der Waals surface area contributed by atoms with Gasteiger partial charge >= 0.3 is 0 Å². The quantitative estimate of drug-likeness (QED) is 0.816. The minimum Gasteiger partial charge on any atom is -0.388 e. The Labute approximate surface area is 93.6 Å². The predicted octanol–water partition coefficient (Wildman–Crippen LogP) is 1.11. The second kappa shape index (κ2) is 3.72. The van der Waals surface area contributed by atoms with Crippen molar-refractivity contribution in [3.8, 4) is 0 Å². The number of fused-ring (bicyclic) bond motifs is 1. The molecule has 1 heterocycles. The van der Waals surface area contributed by atoms with Gasteiger partial charge in [-0.1, -0.05) is 24.3 Å². The van der Waals surface area contributed by atoms with E-state index in [0.29, 0.717) is 11.9 Å². The summed E-state index contributed by atoms with van der Waals surface area (Å²) in [7, 11) is 0. The first-order valence-electron chi connectivity index (χ1n) is 5.44. The summed E-state index contributed by atoms with van der Waals surface area (Å²) in [6.45, 7) is -0.0488. The second-order valence-electron chi connectivity index (χ2n) is 4.14. The normalized spacial score (nSPS) is 15.3. The van der Waals surface area contributed by atoms with Crippen LogP contribution >= 0.6 is 0 Å². The Bertz CT molecular complexity index is 481. The van der Waals surface area contributed by atoms with Gasteiger partial charge < -0.3 is 9.67 Å². The fourth-order valence-corrected chi connectivity index (χ4v) is 2.42. The Morgan fingerprint density at radius 1 is 1.25 bits per heavy atom. The summed E-state index contributed by atoms with van der Waals surface area (Å²) in [6, 6.07) is 8.83. The minimum absolute atomic E-state index is 0.0488. The third-order valence-corrected chi connectivity index (χ3v) is 3.21. The number of hydrogen-bond acceptors (Lipinski definition) is 3. The molecule has 16 heavy (non-hydrogen) atoms. The number of rotatable bonds is 2. The zero-order valence-electron chi connectivity index (χ0n) is 8.87. The van der Waals surface area contributed by atoms with Crippen LogP contribution in [0, 0.1) is 0 Å². The zero-order chi connectivity index (χ0) is 11.0. The van der Waals surface area contributed by atoms with Crippen LogP contribution < -0.4 is 0 Å². The Morgan fingerprint density at radius 3 is 2.56 bits per heavy atom. The standard InChI is InChI=1S/C12H13N3O/c16-7-12-14-13-8-15(12)11-5-9-3-1-2-4-10(9)6-11/h1-4,8,11,16H,5-7H2. The number of aliphatic hydroxyl groups excluding tert-OH is 1. The average Bonchev–Trinajstić information content (AvgIpc) is 2.94. The summed E-state index contributed by atoms with van der Waals surface area (Å²) in [4.78, 5) is 0. The van der Waals surface area contributed by atoms with Crippen LogP contribution in [0.4, 0.5) is 0 Å². The van der Waals surface area contributed by atoms with E-state index < -0.39 is 0 Å². The molecule has 0 aliphatic heterocycles. The highest BCUT2D eigenvalue weighted by molar-refractivity contribution is 5.32. The molecule has 0 radical (unpaired) electrons. The molecule has 3 rings (SSSR count). The SMILES string of the molecule is OCc1nncn1C1Cc2ccccc2C1. The summed E-state index contributed by atoms with van der Waals surface area (Å²) in [5.74, 6) is 0.651. The summed E-state index contributed by atoms with van der Waals surface area (Å²) in [6.07, 6.45) is 3.71. The number of aromatic nitrogens is 3. The Kier molecular flexibility index (Phi) is 2.22. The molecule has 1 aliphatic carbocycles. The van der Waals surface area contributed by atoms with E-state index >= 15 is 0 Å². The summed E-state index contributed by atoms with van der Waals surface area (Å²) < 4.78 is 1.99. The zero-order valence-corrected chi connectivity index (χ0v) is 8.87. The third kappa shape index (κ3) is 1.42. The highest BCUT2D eigenvalue weighted by Gasteiger charge is 2.23. The maximum Gasteiger partial charge on any atom is 0.158 e. The monoisotopic (exact) mass is 215 g/mol. The van der Waals surface area contributed by atoms with Crippen molar-refractivity contribution in [2.24, 2.45) is 0 Å². The number of aliphatic hydroxyl groups is 1. The lowest BCUT2D eigenvalue weighted by Gasteiger charge is -2.12. The van der Waals surface area contributed by atoms with E-state index in [9.17, 15) is 0 Å². The second-order valence-corrected chi connectivity index (χ2v) is 4.14. The molecule has 0 saturated carbocycles. The molecule has 1 aliphatic rings. The van der Waals surface area contributed by atoms with E-state index in [-0.39, 0.29) is 6.61 Å². The first-order valence-corrected chi connectivity index (χ1v) is 5.44. The third-order valence-electron chi connectivity index (χ3n) is 3.21. The lowest BCUT2D eigenvalue weighted by Crippen LogP contribution is -2.11. The molecule has 0 saturated heterocycles. The highest BCUT2D eigenvalue weighted by atomic mass is 16.3. The largest absolute Gasteiger partial charge is 0.388 e. The molecule has 1 N–H and O–H groups in total. The first-order chi connectivity index (χ1) is 7.88. The molecule has 0 atom stereocenters. The van der Waals surface area contributed by atoms with E-state index in [4.69, 9.17) is 5.11 Å². The molecule has 1 aromatic heterocycles. The van der Waals surface area contributed by atoms with E-state index in [1.54, 1.807) is 6.33 Å². The van der Waals surface area contributed by atoms with E-state index in [1.165, 1.54) is 11.1 Å². The number of hydrogen-bond donors (Lipinski definition) is 1. The van der Waals surface area contributed by atoms with E-state index in [0.717, 1.165) is 12.8 Å². The van der Waals surface area contributed by atoms with Crippen molar-refractivity contribution in [2.45, 2.75) is 25.5 Å². The highest BCUT2D eigenvalue weighted by Crippen LogP contribution is 2.30. The molecule has 0 unspecified atom stereocenters. The van der Waals surface area contributed by atoms with Gasteiger partial charge in [0.05, 0.1) is 0 Å². The van der Waals surface area contributed by atoms with Crippen LogP contribution in [0.5, 0.6) is 0 Å². The molecule has 0 fully saturated rings. The lowest BCUT2D eigenvalue weighted by molar-refractivity contribution is 0.260. The molecule has 0 bridgehead atoms. The van der Waals surface area contributed by atoms with Crippen molar-refractivity contribution < 1.29 is 5.11 Å². The summed E-state index contributed by atoms with van der Waals surface area (Å²) in [5.41, 5.74) is 2.79. The van der Waals surface area contributed by atoms with Gasteiger partial charge in [0.25, 0.3) is 0 Å². The summed E-state index contributed by atoms with van der Waals surface area (Å²) in [5, 5.41) is 16.9. The lowest BCUT2D eigenvalue weighted by atomic mass is 10.1. The van der Waals surface area contributed by atoms with Crippen molar-refractivity contribution in [1.82, 2.24) is 14.8 Å².